The zero-order chi connectivity index (χ0) is 16.3. The van der Waals surface area contributed by atoms with Crippen LogP contribution in [-0.4, -0.2) is 23.0 Å². The third-order valence-electron chi connectivity index (χ3n) is 3.47. The number of halogens is 3. The summed E-state index contributed by atoms with van der Waals surface area (Å²) in [6.45, 7) is 3.86. The predicted molar refractivity (Wildman–Crippen MR) is 71.9 cm³/mol. The Kier molecular flexibility index (Phi) is 5.16. The molecule has 4 N–H and O–H groups in total. The Bertz CT molecular complexity index is 563. The number of H-pyrrole nitrogens is 1. The number of hydrogen-bond acceptors (Lipinski definition) is 3. The first-order chi connectivity index (χ1) is 9.63. The summed E-state index contributed by atoms with van der Waals surface area (Å²) in [7, 11) is 0. The highest BCUT2D eigenvalue weighted by atomic mass is 19.4. The van der Waals surface area contributed by atoms with Crippen LogP contribution in [0.5, 0.6) is 0 Å². The molecule has 0 saturated carbocycles. The van der Waals surface area contributed by atoms with Gasteiger partial charge in [-0.1, -0.05) is 13.8 Å². The molecule has 0 radical (unpaired) electrons. The number of aromatic amines is 1. The van der Waals surface area contributed by atoms with Crippen molar-refractivity contribution in [3.05, 3.63) is 33.7 Å². The molecule has 0 unspecified atom stereocenters. The van der Waals surface area contributed by atoms with Gasteiger partial charge in [0.2, 0.25) is 0 Å². The molecule has 0 aliphatic rings. The van der Waals surface area contributed by atoms with Crippen LogP contribution in [0.4, 0.5) is 13.2 Å². The minimum absolute atomic E-state index is 0.138. The largest absolute Gasteiger partial charge is 0.431 e. The van der Waals surface area contributed by atoms with Gasteiger partial charge in [-0.3, -0.25) is 9.59 Å². The number of nitrogens with two attached hydrogens (primary N) is 1. The summed E-state index contributed by atoms with van der Waals surface area (Å²) >= 11 is 0. The highest BCUT2D eigenvalue weighted by molar-refractivity contribution is 5.93. The molecule has 1 rings (SSSR count). The van der Waals surface area contributed by atoms with Crippen LogP contribution in [0, 0.1) is 0 Å². The van der Waals surface area contributed by atoms with Gasteiger partial charge in [-0.05, 0) is 25.0 Å². The van der Waals surface area contributed by atoms with E-state index in [2.05, 4.69) is 5.32 Å². The Morgan fingerprint density at radius 3 is 2.29 bits per heavy atom. The molecule has 0 aliphatic carbocycles. The fourth-order valence-electron chi connectivity index (χ4n) is 1.67. The lowest BCUT2D eigenvalue weighted by molar-refractivity contribution is -0.141. The smallest absolute Gasteiger partial charge is 0.350 e. The van der Waals surface area contributed by atoms with E-state index in [1.807, 2.05) is 13.8 Å². The van der Waals surface area contributed by atoms with E-state index in [-0.39, 0.29) is 12.1 Å². The van der Waals surface area contributed by atoms with Crippen LogP contribution in [0.1, 0.15) is 42.7 Å². The van der Waals surface area contributed by atoms with Crippen LogP contribution >= 0.6 is 0 Å². The number of amides is 1. The Labute approximate surface area is 119 Å². The minimum atomic E-state index is -4.66. The predicted octanol–water partition coefficient (Wildman–Crippen LogP) is 1.64. The van der Waals surface area contributed by atoms with Gasteiger partial charge in [0, 0.05) is 12.1 Å². The fraction of sp³-hybridized carbons (Fsp3) is 0.538. The van der Waals surface area contributed by atoms with E-state index in [0.717, 1.165) is 6.07 Å². The van der Waals surface area contributed by atoms with E-state index in [9.17, 15) is 22.8 Å². The van der Waals surface area contributed by atoms with Crippen molar-refractivity contribution >= 4 is 5.91 Å². The van der Waals surface area contributed by atoms with Crippen LogP contribution in [-0.2, 0) is 6.18 Å². The number of hydrogen-bond donors (Lipinski definition) is 3. The van der Waals surface area contributed by atoms with Crippen LogP contribution in [0.3, 0.4) is 0 Å². The molecule has 8 heteroatoms. The molecule has 5 nitrogen and oxygen atoms in total. The number of rotatable bonds is 5. The SMILES string of the molecule is CCC(N)(CC)CNC(=O)c1ccc(C(F)(F)F)[nH]c1=O. The molecule has 118 valence electrons. The molecule has 0 bridgehead atoms. The fourth-order valence-corrected chi connectivity index (χ4v) is 1.67. The second-order valence-electron chi connectivity index (χ2n) is 4.86. The number of pyridine rings is 1. The second-order valence-corrected chi connectivity index (χ2v) is 4.86. The molecule has 1 amide bonds. The maximum absolute atomic E-state index is 12.4. The van der Waals surface area contributed by atoms with Gasteiger partial charge in [-0.25, -0.2) is 0 Å². The van der Waals surface area contributed by atoms with Crippen molar-refractivity contribution in [1.82, 2.24) is 10.3 Å². The van der Waals surface area contributed by atoms with Gasteiger partial charge in [-0.15, -0.1) is 0 Å². The van der Waals surface area contributed by atoms with Gasteiger partial charge in [0.25, 0.3) is 11.5 Å². The first kappa shape index (κ1) is 17.2. The molecule has 0 aromatic carbocycles. The molecular formula is C13H18F3N3O2. The van der Waals surface area contributed by atoms with E-state index in [1.54, 1.807) is 4.98 Å². The third kappa shape index (κ3) is 4.32. The summed E-state index contributed by atoms with van der Waals surface area (Å²) in [5, 5.41) is 2.48. The first-order valence-corrected chi connectivity index (χ1v) is 6.50. The molecule has 1 aromatic rings. The first-order valence-electron chi connectivity index (χ1n) is 6.50. The molecule has 0 atom stereocenters. The highest BCUT2D eigenvalue weighted by Crippen LogP contribution is 2.26. The summed E-state index contributed by atoms with van der Waals surface area (Å²) in [5.41, 5.74) is 2.73. The average molecular weight is 305 g/mol. The van der Waals surface area contributed by atoms with E-state index >= 15 is 0 Å². The summed E-state index contributed by atoms with van der Waals surface area (Å²) < 4.78 is 37.2. The Hall–Kier alpha value is -1.83. The summed E-state index contributed by atoms with van der Waals surface area (Å²) in [4.78, 5) is 25.0. The zero-order valence-electron chi connectivity index (χ0n) is 11.8. The van der Waals surface area contributed by atoms with E-state index in [1.165, 1.54) is 0 Å². The van der Waals surface area contributed by atoms with Gasteiger partial charge >= 0.3 is 6.18 Å². The molecule has 1 heterocycles. The van der Waals surface area contributed by atoms with Crippen molar-refractivity contribution in [2.24, 2.45) is 5.73 Å². The van der Waals surface area contributed by atoms with Crippen LogP contribution in [0.25, 0.3) is 0 Å². The minimum Gasteiger partial charge on any atom is -0.350 e. The average Bonchev–Trinajstić information content (AvgIpc) is 2.43. The van der Waals surface area contributed by atoms with Crippen molar-refractivity contribution in [2.45, 2.75) is 38.4 Å². The summed E-state index contributed by atoms with van der Waals surface area (Å²) in [6.07, 6.45) is -3.43. The summed E-state index contributed by atoms with van der Waals surface area (Å²) in [6, 6.07) is 1.51. The molecular weight excluding hydrogens is 287 g/mol. The second kappa shape index (κ2) is 6.30. The van der Waals surface area contributed by atoms with Crippen molar-refractivity contribution in [2.75, 3.05) is 6.54 Å². The van der Waals surface area contributed by atoms with E-state index < -0.39 is 28.9 Å². The van der Waals surface area contributed by atoms with Crippen molar-refractivity contribution < 1.29 is 18.0 Å². The number of nitrogens with one attached hydrogen (secondary N) is 2. The number of aromatic nitrogens is 1. The van der Waals surface area contributed by atoms with Crippen LogP contribution < -0.4 is 16.6 Å². The molecule has 0 aliphatic heterocycles. The molecule has 0 spiro atoms. The monoisotopic (exact) mass is 305 g/mol. The normalized spacial score (nSPS) is 12.3. The van der Waals surface area contributed by atoms with Gasteiger partial charge in [0.05, 0.1) is 0 Å². The quantitative estimate of drug-likeness (QED) is 0.772. The number of carbonyl (C=O) groups is 1. The van der Waals surface area contributed by atoms with E-state index in [0.29, 0.717) is 18.9 Å². The number of alkyl halides is 3. The van der Waals surface area contributed by atoms with Crippen molar-refractivity contribution in [1.29, 1.82) is 0 Å². The lowest BCUT2D eigenvalue weighted by Gasteiger charge is -2.26. The number of carbonyl (C=O) groups excluding carboxylic acids is 1. The van der Waals surface area contributed by atoms with Gasteiger partial charge in [0.1, 0.15) is 11.3 Å². The third-order valence-corrected chi connectivity index (χ3v) is 3.47. The van der Waals surface area contributed by atoms with Gasteiger partial charge < -0.3 is 16.0 Å². The van der Waals surface area contributed by atoms with E-state index in [4.69, 9.17) is 5.73 Å². The maximum atomic E-state index is 12.4. The van der Waals surface area contributed by atoms with Gasteiger partial charge in [0.15, 0.2) is 0 Å². The molecule has 0 saturated heterocycles. The zero-order valence-corrected chi connectivity index (χ0v) is 11.8. The standard InChI is InChI=1S/C13H18F3N3O2/c1-3-12(17,4-2)7-18-10(20)8-5-6-9(13(14,15)16)19-11(8)21/h5-6H,3-4,7,17H2,1-2H3,(H,18,20)(H,19,21). The van der Waals surface area contributed by atoms with Crippen LogP contribution in [0.2, 0.25) is 0 Å². The maximum Gasteiger partial charge on any atom is 0.431 e. The van der Waals surface area contributed by atoms with Gasteiger partial charge in [-0.2, -0.15) is 13.2 Å². The van der Waals surface area contributed by atoms with Crippen molar-refractivity contribution in [3.63, 3.8) is 0 Å². The molecule has 0 fully saturated rings. The Balaban J connectivity index is 2.88. The van der Waals surface area contributed by atoms with Crippen molar-refractivity contribution in [3.8, 4) is 0 Å². The molecule has 21 heavy (non-hydrogen) atoms. The Morgan fingerprint density at radius 2 is 1.86 bits per heavy atom. The highest BCUT2D eigenvalue weighted by Gasteiger charge is 2.32. The molecule has 1 aromatic heterocycles. The van der Waals surface area contributed by atoms with Crippen LogP contribution in [0.15, 0.2) is 16.9 Å². The lowest BCUT2D eigenvalue weighted by atomic mass is 9.94. The summed E-state index contributed by atoms with van der Waals surface area (Å²) in [5.74, 6) is -0.748. The topological polar surface area (TPSA) is 88.0 Å². The lowest BCUT2D eigenvalue weighted by Crippen LogP contribution is -2.49. The Morgan fingerprint density at radius 1 is 1.29 bits per heavy atom.